The molecule has 14 heavy (non-hydrogen) atoms. The molecule has 0 aliphatic heterocycles. The first-order valence-corrected chi connectivity index (χ1v) is 6.67. The fourth-order valence-electron chi connectivity index (χ4n) is 1.46. The van der Waals surface area contributed by atoms with E-state index in [1.165, 1.54) is 12.8 Å². The molecule has 0 radical (unpaired) electrons. The molecule has 0 aromatic carbocycles. The van der Waals surface area contributed by atoms with Crippen molar-refractivity contribution >= 4 is 15.9 Å². The maximum absolute atomic E-state index is 5.72. The van der Waals surface area contributed by atoms with Crippen LogP contribution in [0.15, 0.2) is 0 Å². The Bertz CT molecular complexity index is 138. The van der Waals surface area contributed by atoms with E-state index in [9.17, 15) is 0 Å². The van der Waals surface area contributed by atoms with Gasteiger partial charge in [-0.25, -0.2) is 0 Å². The predicted molar refractivity (Wildman–Crippen MR) is 67.1 cm³/mol. The molecule has 0 rings (SSSR count). The largest absolute Gasteiger partial charge is 0.376 e. The van der Waals surface area contributed by atoms with E-state index in [0.717, 1.165) is 23.8 Å². The van der Waals surface area contributed by atoms with Crippen LogP contribution in [0, 0.1) is 11.8 Å². The van der Waals surface area contributed by atoms with E-state index in [0.29, 0.717) is 0 Å². The molecule has 2 heteroatoms. The van der Waals surface area contributed by atoms with Gasteiger partial charge in [0.25, 0.3) is 0 Å². The standard InChI is InChI=1S/C12H25BrO/c1-10(2)8-11(9-13)6-7-14-12(3,4)5/h10-11H,6-9H2,1-5H3. The normalized spacial score (nSPS) is 14.8. The van der Waals surface area contributed by atoms with Crippen LogP contribution in [0.4, 0.5) is 0 Å². The van der Waals surface area contributed by atoms with Crippen molar-refractivity contribution in [1.82, 2.24) is 0 Å². The zero-order valence-electron chi connectivity index (χ0n) is 10.3. The number of hydrogen-bond donors (Lipinski definition) is 0. The van der Waals surface area contributed by atoms with E-state index in [1.807, 2.05) is 0 Å². The first-order valence-electron chi connectivity index (χ1n) is 5.55. The fraction of sp³-hybridized carbons (Fsp3) is 1.00. The third kappa shape index (κ3) is 9.01. The van der Waals surface area contributed by atoms with Gasteiger partial charge in [0.2, 0.25) is 0 Å². The van der Waals surface area contributed by atoms with Crippen molar-refractivity contribution < 1.29 is 4.74 Å². The van der Waals surface area contributed by atoms with Gasteiger partial charge >= 0.3 is 0 Å². The topological polar surface area (TPSA) is 9.23 Å². The summed E-state index contributed by atoms with van der Waals surface area (Å²) in [6, 6.07) is 0. The maximum atomic E-state index is 5.72. The third-order valence-corrected chi connectivity index (χ3v) is 3.00. The highest BCUT2D eigenvalue weighted by Gasteiger charge is 2.13. The molecule has 1 atom stereocenters. The average molecular weight is 265 g/mol. The fourth-order valence-corrected chi connectivity index (χ4v) is 2.04. The van der Waals surface area contributed by atoms with Crippen LogP contribution >= 0.6 is 15.9 Å². The maximum Gasteiger partial charge on any atom is 0.0598 e. The summed E-state index contributed by atoms with van der Waals surface area (Å²) in [6.07, 6.45) is 2.46. The number of halogens is 1. The van der Waals surface area contributed by atoms with Gasteiger partial charge in [-0.1, -0.05) is 29.8 Å². The molecule has 1 nitrogen and oxygen atoms in total. The average Bonchev–Trinajstić information content (AvgIpc) is 1.99. The van der Waals surface area contributed by atoms with Crippen molar-refractivity contribution in [3.63, 3.8) is 0 Å². The van der Waals surface area contributed by atoms with E-state index in [-0.39, 0.29) is 5.60 Å². The second kappa shape index (κ2) is 6.84. The highest BCUT2D eigenvalue weighted by atomic mass is 79.9. The summed E-state index contributed by atoms with van der Waals surface area (Å²) in [7, 11) is 0. The van der Waals surface area contributed by atoms with Gasteiger partial charge in [0.1, 0.15) is 0 Å². The molecule has 0 N–H and O–H groups in total. The molecule has 0 aliphatic rings. The lowest BCUT2D eigenvalue weighted by Crippen LogP contribution is -2.21. The van der Waals surface area contributed by atoms with Crippen LogP contribution in [0.5, 0.6) is 0 Å². The quantitative estimate of drug-likeness (QED) is 0.652. The molecule has 86 valence electrons. The third-order valence-electron chi connectivity index (χ3n) is 2.08. The molecule has 0 heterocycles. The van der Waals surface area contributed by atoms with Crippen LogP contribution in [-0.2, 0) is 4.74 Å². The highest BCUT2D eigenvalue weighted by Crippen LogP contribution is 2.19. The zero-order valence-corrected chi connectivity index (χ0v) is 11.9. The van der Waals surface area contributed by atoms with Crippen LogP contribution in [0.3, 0.4) is 0 Å². The van der Waals surface area contributed by atoms with E-state index < -0.39 is 0 Å². The van der Waals surface area contributed by atoms with Gasteiger partial charge in [-0.05, 0) is 45.4 Å². The molecule has 0 aromatic rings. The summed E-state index contributed by atoms with van der Waals surface area (Å²) in [5.74, 6) is 1.55. The molecule has 0 aliphatic carbocycles. The van der Waals surface area contributed by atoms with Crippen molar-refractivity contribution in [2.75, 3.05) is 11.9 Å². The summed E-state index contributed by atoms with van der Waals surface area (Å²) in [4.78, 5) is 0. The monoisotopic (exact) mass is 264 g/mol. The van der Waals surface area contributed by atoms with Gasteiger partial charge in [-0.2, -0.15) is 0 Å². The van der Waals surface area contributed by atoms with Crippen LogP contribution in [0.1, 0.15) is 47.5 Å². The summed E-state index contributed by atoms with van der Waals surface area (Å²) in [6.45, 7) is 11.8. The molecule has 1 unspecified atom stereocenters. The van der Waals surface area contributed by atoms with Crippen molar-refractivity contribution in [2.24, 2.45) is 11.8 Å². The highest BCUT2D eigenvalue weighted by molar-refractivity contribution is 9.09. The lowest BCUT2D eigenvalue weighted by Gasteiger charge is -2.22. The molecule has 0 saturated heterocycles. The van der Waals surface area contributed by atoms with E-state index in [2.05, 4.69) is 50.5 Å². The number of ether oxygens (including phenoxy) is 1. The molecular weight excluding hydrogens is 240 g/mol. The minimum atomic E-state index is 0.00862. The lowest BCUT2D eigenvalue weighted by molar-refractivity contribution is -0.00898. The van der Waals surface area contributed by atoms with Gasteiger partial charge in [0.15, 0.2) is 0 Å². The van der Waals surface area contributed by atoms with E-state index in [1.54, 1.807) is 0 Å². The second-order valence-electron chi connectivity index (χ2n) is 5.40. The summed E-state index contributed by atoms with van der Waals surface area (Å²) in [5.41, 5.74) is 0.00862. The number of rotatable bonds is 6. The zero-order chi connectivity index (χ0) is 11.2. The Morgan fingerprint density at radius 2 is 1.79 bits per heavy atom. The van der Waals surface area contributed by atoms with Crippen molar-refractivity contribution in [2.45, 2.75) is 53.1 Å². The molecule has 0 saturated carbocycles. The number of alkyl halides is 1. The molecule has 0 aromatic heterocycles. The smallest absolute Gasteiger partial charge is 0.0598 e. The summed E-state index contributed by atoms with van der Waals surface area (Å²) < 4.78 is 5.72. The van der Waals surface area contributed by atoms with Crippen LogP contribution in [0.25, 0.3) is 0 Å². The van der Waals surface area contributed by atoms with Gasteiger partial charge in [-0.3, -0.25) is 0 Å². The first kappa shape index (κ1) is 14.4. The SMILES string of the molecule is CC(C)CC(CBr)CCOC(C)(C)C. The lowest BCUT2D eigenvalue weighted by atomic mass is 9.96. The Morgan fingerprint density at radius 1 is 1.21 bits per heavy atom. The Balaban J connectivity index is 3.63. The second-order valence-corrected chi connectivity index (χ2v) is 6.05. The van der Waals surface area contributed by atoms with Gasteiger partial charge in [-0.15, -0.1) is 0 Å². The first-order chi connectivity index (χ1) is 6.35. The van der Waals surface area contributed by atoms with Gasteiger partial charge < -0.3 is 4.74 Å². The van der Waals surface area contributed by atoms with E-state index >= 15 is 0 Å². The Kier molecular flexibility index (Phi) is 7.05. The minimum absolute atomic E-state index is 0.00862. The van der Waals surface area contributed by atoms with Crippen molar-refractivity contribution in [3.05, 3.63) is 0 Å². The Labute approximate surface area is 97.7 Å². The Morgan fingerprint density at radius 3 is 2.14 bits per heavy atom. The molecule has 0 amide bonds. The van der Waals surface area contributed by atoms with Crippen molar-refractivity contribution in [1.29, 1.82) is 0 Å². The molecule has 0 fully saturated rings. The van der Waals surface area contributed by atoms with Crippen LogP contribution < -0.4 is 0 Å². The minimum Gasteiger partial charge on any atom is -0.376 e. The molecule has 0 spiro atoms. The molecule has 0 bridgehead atoms. The predicted octanol–water partition coefficient (Wildman–Crippen LogP) is 4.25. The van der Waals surface area contributed by atoms with Crippen LogP contribution in [-0.4, -0.2) is 17.5 Å². The van der Waals surface area contributed by atoms with E-state index in [4.69, 9.17) is 4.74 Å². The molecular formula is C12H25BrO. The summed E-state index contributed by atoms with van der Waals surface area (Å²) >= 11 is 3.57. The van der Waals surface area contributed by atoms with Gasteiger partial charge in [0, 0.05) is 11.9 Å². The van der Waals surface area contributed by atoms with Gasteiger partial charge in [0.05, 0.1) is 5.60 Å². The summed E-state index contributed by atoms with van der Waals surface area (Å²) in [5, 5.41) is 1.10. The Hall–Kier alpha value is 0.440. The number of hydrogen-bond acceptors (Lipinski definition) is 1. The van der Waals surface area contributed by atoms with Crippen molar-refractivity contribution in [3.8, 4) is 0 Å². The van der Waals surface area contributed by atoms with Crippen LogP contribution in [0.2, 0.25) is 0 Å².